The van der Waals surface area contributed by atoms with Crippen LogP contribution in [0.5, 0.6) is 5.75 Å². The van der Waals surface area contributed by atoms with Crippen molar-refractivity contribution in [3.63, 3.8) is 0 Å². The lowest BCUT2D eigenvalue weighted by Gasteiger charge is -2.48. The molecule has 32 heavy (non-hydrogen) atoms. The van der Waals surface area contributed by atoms with E-state index >= 15 is 0 Å². The lowest BCUT2D eigenvalue weighted by molar-refractivity contribution is -0.151. The molecule has 0 saturated carbocycles. The number of hydrogen-bond acceptors (Lipinski definition) is 8. The molecule has 1 aromatic rings. The highest BCUT2D eigenvalue weighted by Crippen LogP contribution is 2.52. The molecule has 4 rings (SSSR count). The maximum Gasteiger partial charge on any atom is 0.356 e. The number of ether oxygens (including phenoxy) is 3. The third-order valence-corrected chi connectivity index (χ3v) is 8.76. The minimum absolute atomic E-state index is 0.0587. The highest BCUT2D eigenvalue weighted by atomic mass is 32.2. The van der Waals surface area contributed by atoms with Crippen LogP contribution in [0.3, 0.4) is 0 Å². The molecule has 0 spiro atoms. The quantitative estimate of drug-likeness (QED) is 0.350. The van der Waals surface area contributed by atoms with Gasteiger partial charge in [0.05, 0.1) is 19.3 Å². The summed E-state index contributed by atoms with van der Waals surface area (Å²) in [5.74, 6) is -0.0458. The van der Waals surface area contributed by atoms with E-state index in [9.17, 15) is 14.4 Å². The number of amides is 1. The van der Waals surface area contributed by atoms with Gasteiger partial charge in [0.2, 0.25) is 5.91 Å². The van der Waals surface area contributed by atoms with Gasteiger partial charge in [0.25, 0.3) is 0 Å². The molecule has 3 aliphatic heterocycles. The normalized spacial score (nSPS) is 25.1. The Bertz CT molecular complexity index is 1030. The van der Waals surface area contributed by atoms with Crippen LogP contribution in [0, 0.1) is 0 Å². The first-order valence-corrected chi connectivity index (χ1v) is 12.6. The Labute approximate surface area is 192 Å². The Morgan fingerprint density at radius 3 is 2.66 bits per heavy atom. The number of nitrogens with zero attached hydrogens (tertiary/aromatic N) is 1. The predicted octanol–water partition coefficient (Wildman–Crippen LogP) is 2.17. The zero-order valence-electron chi connectivity index (χ0n) is 17.6. The average Bonchev–Trinajstić information content (AvgIpc) is 3.32. The minimum Gasteiger partial charge on any atom is -0.497 e. The van der Waals surface area contributed by atoms with Gasteiger partial charge in [0, 0.05) is 10.7 Å². The molecule has 170 valence electrons. The number of rotatable bonds is 7. The molecule has 1 saturated heterocycles. The van der Waals surface area contributed by atoms with Crippen LogP contribution in [-0.2, 0) is 30.5 Å². The Morgan fingerprint density at radius 1 is 1.22 bits per heavy atom. The summed E-state index contributed by atoms with van der Waals surface area (Å²) in [5.41, 5.74) is 7.44. The first-order valence-electron chi connectivity index (χ1n) is 10.0. The van der Waals surface area contributed by atoms with E-state index in [4.69, 9.17) is 19.9 Å². The Kier molecular flexibility index (Phi) is 6.63. The van der Waals surface area contributed by atoms with E-state index in [0.29, 0.717) is 17.1 Å². The molecule has 1 fully saturated rings. The van der Waals surface area contributed by atoms with Crippen molar-refractivity contribution < 1.29 is 28.6 Å². The van der Waals surface area contributed by atoms with E-state index in [0.717, 1.165) is 10.5 Å². The summed E-state index contributed by atoms with van der Waals surface area (Å²) in [4.78, 5) is 40.0. The number of carbonyl (C=O) groups excluding carboxylic acids is 3. The van der Waals surface area contributed by atoms with Crippen LogP contribution in [0.1, 0.15) is 12.5 Å². The number of thiol groups is 1. The number of thioether (sulfide) groups is 1. The predicted molar refractivity (Wildman–Crippen MR) is 124 cm³/mol. The fourth-order valence-corrected chi connectivity index (χ4v) is 7.17. The largest absolute Gasteiger partial charge is 0.497 e. The maximum atomic E-state index is 13.1. The van der Waals surface area contributed by atoms with Gasteiger partial charge in [-0.05, 0) is 41.5 Å². The maximum absolute atomic E-state index is 13.1. The third kappa shape index (κ3) is 4.17. The molecule has 3 atom stereocenters. The molecule has 8 nitrogen and oxygen atoms in total. The summed E-state index contributed by atoms with van der Waals surface area (Å²) >= 11 is 1.52. The van der Waals surface area contributed by atoms with Crippen molar-refractivity contribution in [1.82, 2.24) is 4.90 Å². The van der Waals surface area contributed by atoms with Crippen LogP contribution >= 0.6 is 22.7 Å². The highest BCUT2D eigenvalue weighted by Gasteiger charge is 2.52. The van der Waals surface area contributed by atoms with Crippen molar-refractivity contribution in [2.75, 3.05) is 19.5 Å². The van der Waals surface area contributed by atoms with Crippen LogP contribution in [0.2, 0.25) is 0 Å². The van der Waals surface area contributed by atoms with Gasteiger partial charge in [-0.1, -0.05) is 12.1 Å². The second-order valence-electron chi connectivity index (χ2n) is 7.18. The first kappa shape index (κ1) is 22.5. The molecule has 0 aromatic heterocycles. The third-order valence-electron chi connectivity index (χ3n) is 5.23. The van der Waals surface area contributed by atoms with E-state index in [1.54, 1.807) is 32.2 Å². The van der Waals surface area contributed by atoms with Gasteiger partial charge < -0.3 is 19.9 Å². The fourth-order valence-electron chi connectivity index (χ4n) is 3.53. The number of methoxy groups -OCH3 is 1. The zero-order chi connectivity index (χ0) is 22.8. The smallest absolute Gasteiger partial charge is 0.356 e. The Balaban J connectivity index is 1.58. The Hall–Kier alpha value is -2.69. The average molecular weight is 477 g/mol. The lowest BCUT2D eigenvalue weighted by Crippen LogP contribution is -2.68. The molecule has 3 heterocycles. The molecular weight excluding hydrogens is 452 g/mol. The molecule has 1 amide bonds. The molecule has 0 radical (unpaired) electrons. The standard InChI is InChI=1S/C22H24N2O6S2/c1-3-29-21(26)14-8-9-32(12-14)16-11-31-20-17(23)19(25)24(20)18(16)22(27)30-10-13-4-6-15(28-2)7-5-13/h4-9,12,17,20,32H,3,10-11,23H2,1-2H3/t17-,20?/m1/s1. The van der Waals surface area contributed by atoms with Crippen molar-refractivity contribution in [3.8, 4) is 5.75 Å². The second-order valence-corrected chi connectivity index (χ2v) is 10.2. The number of carbonyl (C=O) groups is 3. The van der Waals surface area contributed by atoms with Crippen molar-refractivity contribution in [3.05, 3.63) is 62.9 Å². The van der Waals surface area contributed by atoms with Crippen LogP contribution in [0.4, 0.5) is 0 Å². The molecule has 0 bridgehead atoms. The summed E-state index contributed by atoms with van der Waals surface area (Å²) in [6.07, 6.45) is 1.71. The van der Waals surface area contributed by atoms with E-state index in [-0.39, 0.29) is 30.2 Å². The van der Waals surface area contributed by atoms with E-state index < -0.39 is 28.9 Å². The van der Waals surface area contributed by atoms with Gasteiger partial charge in [-0.25, -0.2) is 9.59 Å². The van der Waals surface area contributed by atoms with Crippen molar-refractivity contribution in [1.29, 1.82) is 0 Å². The van der Waals surface area contributed by atoms with Gasteiger partial charge >= 0.3 is 11.9 Å². The van der Waals surface area contributed by atoms with Crippen LogP contribution in [0.25, 0.3) is 0 Å². The van der Waals surface area contributed by atoms with Crippen molar-refractivity contribution >= 4 is 40.5 Å². The highest BCUT2D eigenvalue weighted by molar-refractivity contribution is 8.26. The number of benzene rings is 1. The minimum atomic E-state index is -1.07. The Morgan fingerprint density at radius 2 is 1.97 bits per heavy atom. The molecule has 2 unspecified atom stereocenters. The van der Waals surface area contributed by atoms with E-state index in [1.807, 2.05) is 22.9 Å². The number of esters is 2. The van der Waals surface area contributed by atoms with Crippen molar-refractivity contribution in [2.24, 2.45) is 5.73 Å². The summed E-state index contributed by atoms with van der Waals surface area (Å²) < 4.78 is 15.8. The SMILES string of the molecule is CCOC(=O)C1=C[SH](C2=C(C(=O)OCc3ccc(OC)cc3)N3C(=O)[C@@H](N)C3SC2)C=C1. The van der Waals surface area contributed by atoms with Crippen LogP contribution in [0.15, 0.2) is 57.3 Å². The number of hydrogen-bond donors (Lipinski definition) is 2. The van der Waals surface area contributed by atoms with Crippen LogP contribution in [-0.4, -0.2) is 53.6 Å². The first-order chi connectivity index (χ1) is 15.4. The lowest BCUT2D eigenvalue weighted by atomic mass is 10.1. The zero-order valence-corrected chi connectivity index (χ0v) is 19.4. The summed E-state index contributed by atoms with van der Waals surface area (Å²) in [6, 6.07) is 6.55. The molecule has 0 aliphatic carbocycles. The molecule has 2 N–H and O–H groups in total. The summed E-state index contributed by atoms with van der Waals surface area (Å²) in [7, 11) is 0.509. The van der Waals surface area contributed by atoms with Gasteiger partial charge in [0.15, 0.2) is 0 Å². The van der Waals surface area contributed by atoms with Crippen molar-refractivity contribution in [2.45, 2.75) is 24.9 Å². The molecule has 1 aromatic carbocycles. The van der Waals surface area contributed by atoms with Gasteiger partial charge in [-0.3, -0.25) is 9.69 Å². The fraction of sp³-hybridized carbons (Fsp3) is 0.318. The monoisotopic (exact) mass is 476 g/mol. The second kappa shape index (κ2) is 9.43. The summed E-state index contributed by atoms with van der Waals surface area (Å²) in [6.45, 7) is 2.09. The van der Waals surface area contributed by atoms with Gasteiger partial charge in [-0.2, -0.15) is 10.9 Å². The molecule has 3 aliphatic rings. The number of fused-ring (bicyclic) bond motifs is 1. The van der Waals surface area contributed by atoms with E-state index in [1.165, 1.54) is 16.7 Å². The topological polar surface area (TPSA) is 108 Å². The van der Waals surface area contributed by atoms with Gasteiger partial charge in [-0.15, -0.1) is 11.8 Å². The molecule has 10 heteroatoms. The van der Waals surface area contributed by atoms with E-state index in [2.05, 4.69) is 0 Å². The molecular formula is C22H24N2O6S2. The number of β-lactam (4-membered cyclic amide) rings is 1. The number of nitrogens with two attached hydrogens (primary N) is 1. The van der Waals surface area contributed by atoms with Crippen LogP contribution < -0.4 is 10.5 Å². The summed E-state index contributed by atoms with van der Waals surface area (Å²) in [5, 5.41) is 3.41. The van der Waals surface area contributed by atoms with Gasteiger partial charge in [0.1, 0.15) is 29.5 Å².